The SMILES string of the molecule is Cc1ccc(NC(c2cc3ccccc3nc2Cl)c2nnnn2C2CCCCC2)cc1. The third kappa shape index (κ3) is 4.12. The lowest BCUT2D eigenvalue weighted by atomic mass is 9.95. The van der Waals surface area contributed by atoms with Crippen molar-refractivity contribution in [2.24, 2.45) is 0 Å². The Labute approximate surface area is 186 Å². The summed E-state index contributed by atoms with van der Waals surface area (Å²) in [5.41, 5.74) is 3.93. The third-order valence-electron chi connectivity index (χ3n) is 6.08. The first kappa shape index (κ1) is 19.9. The van der Waals surface area contributed by atoms with Crippen LogP contribution in [0.1, 0.15) is 61.1 Å². The van der Waals surface area contributed by atoms with Crippen molar-refractivity contribution in [3.05, 3.63) is 76.7 Å². The molecular formula is C24H25ClN6. The monoisotopic (exact) mass is 432 g/mol. The molecule has 0 saturated heterocycles. The van der Waals surface area contributed by atoms with Crippen LogP contribution < -0.4 is 5.32 Å². The molecule has 4 aromatic rings. The summed E-state index contributed by atoms with van der Waals surface area (Å²) in [6.45, 7) is 2.08. The number of rotatable bonds is 5. The van der Waals surface area contributed by atoms with Crippen molar-refractivity contribution in [1.29, 1.82) is 0 Å². The molecule has 1 saturated carbocycles. The number of benzene rings is 2. The van der Waals surface area contributed by atoms with Crippen molar-refractivity contribution in [3.63, 3.8) is 0 Å². The number of anilines is 1. The molecule has 1 unspecified atom stereocenters. The van der Waals surface area contributed by atoms with E-state index in [0.29, 0.717) is 11.2 Å². The van der Waals surface area contributed by atoms with Crippen LogP contribution in [0.5, 0.6) is 0 Å². The Hall–Kier alpha value is -2.99. The number of aryl methyl sites for hydroxylation is 1. The average Bonchev–Trinajstić information content (AvgIpc) is 3.29. The van der Waals surface area contributed by atoms with Gasteiger partial charge in [-0.3, -0.25) is 0 Å². The second kappa shape index (κ2) is 8.63. The molecule has 1 aliphatic carbocycles. The Morgan fingerprint density at radius 3 is 2.61 bits per heavy atom. The second-order valence-corrected chi connectivity index (χ2v) is 8.64. The molecule has 2 aromatic heterocycles. The van der Waals surface area contributed by atoms with Gasteiger partial charge in [0.25, 0.3) is 0 Å². The van der Waals surface area contributed by atoms with Crippen molar-refractivity contribution >= 4 is 28.2 Å². The van der Waals surface area contributed by atoms with Crippen LogP contribution in [0.2, 0.25) is 5.15 Å². The van der Waals surface area contributed by atoms with Crippen molar-refractivity contribution in [2.75, 3.05) is 5.32 Å². The topological polar surface area (TPSA) is 68.5 Å². The minimum atomic E-state index is -0.316. The maximum Gasteiger partial charge on any atom is 0.178 e. The number of nitrogens with one attached hydrogen (secondary N) is 1. The number of para-hydroxylation sites is 1. The summed E-state index contributed by atoms with van der Waals surface area (Å²) < 4.78 is 2.00. The fraction of sp³-hybridized carbons (Fsp3) is 0.333. The smallest absolute Gasteiger partial charge is 0.178 e. The van der Waals surface area contributed by atoms with Crippen LogP contribution in [0.4, 0.5) is 5.69 Å². The first-order valence-corrected chi connectivity index (χ1v) is 11.2. The molecule has 0 amide bonds. The highest BCUT2D eigenvalue weighted by Gasteiger charge is 2.28. The van der Waals surface area contributed by atoms with Crippen LogP contribution in [-0.2, 0) is 0 Å². The molecule has 0 radical (unpaired) electrons. The van der Waals surface area contributed by atoms with Crippen LogP contribution in [0.25, 0.3) is 10.9 Å². The molecule has 1 N–H and O–H groups in total. The van der Waals surface area contributed by atoms with Crippen molar-refractivity contribution in [2.45, 2.75) is 51.1 Å². The number of hydrogen-bond acceptors (Lipinski definition) is 5. The second-order valence-electron chi connectivity index (χ2n) is 8.28. The lowest BCUT2D eigenvalue weighted by Gasteiger charge is -2.26. The normalized spacial score (nSPS) is 15.8. The molecule has 7 heteroatoms. The number of fused-ring (bicyclic) bond motifs is 1. The van der Waals surface area contributed by atoms with E-state index in [0.717, 1.165) is 40.8 Å². The molecular weight excluding hydrogens is 408 g/mol. The summed E-state index contributed by atoms with van der Waals surface area (Å²) in [5.74, 6) is 0.770. The Balaban J connectivity index is 1.61. The molecule has 2 aromatic carbocycles. The molecule has 158 valence electrons. The van der Waals surface area contributed by atoms with Gasteiger partial charge in [-0.25, -0.2) is 9.67 Å². The first-order valence-electron chi connectivity index (χ1n) is 10.9. The fourth-order valence-electron chi connectivity index (χ4n) is 4.39. The van der Waals surface area contributed by atoms with E-state index in [4.69, 9.17) is 11.6 Å². The van der Waals surface area contributed by atoms with E-state index in [1.165, 1.54) is 24.8 Å². The van der Waals surface area contributed by atoms with Gasteiger partial charge in [-0.1, -0.05) is 66.8 Å². The maximum atomic E-state index is 6.72. The molecule has 0 aliphatic heterocycles. The third-order valence-corrected chi connectivity index (χ3v) is 6.38. The van der Waals surface area contributed by atoms with E-state index in [2.05, 4.69) is 69.1 Å². The zero-order valence-electron chi connectivity index (χ0n) is 17.5. The number of halogens is 1. The van der Waals surface area contributed by atoms with Crippen molar-refractivity contribution in [1.82, 2.24) is 25.2 Å². The van der Waals surface area contributed by atoms with Crippen LogP contribution in [0.15, 0.2) is 54.6 Å². The van der Waals surface area contributed by atoms with Gasteiger partial charge in [-0.15, -0.1) is 5.10 Å². The first-order chi connectivity index (χ1) is 15.2. The van der Waals surface area contributed by atoms with E-state index in [1.54, 1.807) is 0 Å². The Kier molecular flexibility index (Phi) is 5.55. The van der Waals surface area contributed by atoms with Crippen LogP contribution in [0.3, 0.4) is 0 Å². The zero-order valence-corrected chi connectivity index (χ0v) is 18.3. The molecule has 1 atom stereocenters. The van der Waals surface area contributed by atoms with Crippen LogP contribution in [0, 0.1) is 6.92 Å². The lowest BCUT2D eigenvalue weighted by molar-refractivity contribution is 0.315. The molecule has 5 rings (SSSR count). The summed E-state index contributed by atoms with van der Waals surface area (Å²) in [5, 5.41) is 18.0. The van der Waals surface area contributed by atoms with Gasteiger partial charge in [0.15, 0.2) is 5.82 Å². The molecule has 0 bridgehead atoms. The molecule has 6 nitrogen and oxygen atoms in total. The highest BCUT2D eigenvalue weighted by Crippen LogP contribution is 2.35. The highest BCUT2D eigenvalue weighted by molar-refractivity contribution is 6.30. The van der Waals surface area contributed by atoms with Gasteiger partial charge < -0.3 is 5.32 Å². The minimum absolute atomic E-state index is 0.313. The van der Waals surface area contributed by atoms with E-state index >= 15 is 0 Å². The predicted molar refractivity (Wildman–Crippen MR) is 123 cm³/mol. The van der Waals surface area contributed by atoms with E-state index in [1.807, 2.05) is 22.9 Å². The molecule has 2 heterocycles. The number of tetrazole rings is 1. The molecule has 31 heavy (non-hydrogen) atoms. The van der Waals surface area contributed by atoms with Gasteiger partial charge in [-0.05, 0) is 54.5 Å². The summed E-state index contributed by atoms with van der Waals surface area (Å²) in [4.78, 5) is 4.65. The van der Waals surface area contributed by atoms with Gasteiger partial charge >= 0.3 is 0 Å². The van der Waals surface area contributed by atoms with E-state index < -0.39 is 0 Å². The summed E-state index contributed by atoms with van der Waals surface area (Å²) in [6.07, 6.45) is 5.88. The fourth-order valence-corrected chi connectivity index (χ4v) is 4.64. The standard InChI is InChI=1S/C24H25ClN6/c1-16-11-13-18(14-12-16)26-22(20-15-17-7-5-6-10-21(17)27-23(20)25)24-28-29-30-31(24)19-8-3-2-4-9-19/h5-7,10-15,19,22,26H,2-4,8-9H2,1H3. The Bertz CT molecular complexity index is 1180. The van der Waals surface area contributed by atoms with E-state index in [9.17, 15) is 0 Å². The van der Waals surface area contributed by atoms with Crippen molar-refractivity contribution < 1.29 is 0 Å². The molecule has 0 spiro atoms. The summed E-state index contributed by atoms with van der Waals surface area (Å²) in [7, 11) is 0. The highest BCUT2D eigenvalue weighted by atomic mass is 35.5. The lowest BCUT2D eigenvalue weighted by Crippen LogP contribution is -2.23. The maximum absolute atomic E-state index is 6.72. The number of pyridine rings is 1. The van der Waals surface area contributed by atoms with Gasteiger partial charge in [0.1, 0.15) is 11.2 Å². The Morgan fingerprint density at radius 1 is 1.03 bits per heavy atom. The predicted octanol–water partition coefficient (Wildman–Crippen LogP) is 5.89. The van der Waals surface area contributed by atoms with Crippen LogP contribution in [-0.4, -0.2) is 25.2 Å². The van der Waals surface area contributed by atoms with Gasteiger partial charge in [0.2, 0.25) is 0 Å². The van der Waals surface area contributed by atoms with Crippen molar-refractivity contribution in [3.8, 4) is 0 Å². The van der Waals surface area contributed by atoms with Crippen LogP contribution >= 0.6 is 11.6 Å². The average molecular weight is 433 g/mol. The van der Waals surface area contributed by atoms with Gasteiger partial charge in [0.05, 0.1) is 11.6 Å². The quantitative estimate of drug-likeness (QED) is 0.398. The number of hydrogen-bond donors (Lipinski definition) is 1. The van der Waals surface area contributed by atoms with E-state index in [-0.39, 0.29) is 6.04 Å². The zero-order chi connectivity index (χ0) is 21.2. The summed E-state index contributed by atoms with van der Waals surface area (Å²) >= 11 is 6.72. The minimum Gasteiger partial charge on any atom is -0.371 e. The number of nitrogens with zero attached hydrogens (tertiary/aromatic N) is 5. The largest absolute Gasteiger partial charge is 0.371 e. The Morgan fingerprint density at radius 2 is 1.81 bits per heavy atom. The number of aromatic nitrogens is 5. The van der Waals surface area contributed by atoms with Gasteiger partial charge in [0, 0.05) is 16.6 Å². The molecule has 1 fully saturated rings. The summed E-state index contributed by atoms with van der Waals surface area (Å²) in [6, 6.07) is 18.4. The molecule has 1 aliphatic rings. The van der Waals surface area contributed by atoms with Gasteiger partial charge in [-0.2, -0.15) is 0 Å².